The molecule has 1 aliphatic heterocycles. The number of piperidine rings is 1. The molecule has 1 rings (SSSR count). The summed E-state index contributed by atoms with van der Waals surface area (Å²) < 4.78 is 0. The highest BCUT2D eigenvalue weighted by molar-refractivity contribution is 5.77. The van der Waals surface area contributed by atoms with E-state index < -0.39 is 0 Å². The molecule has 1 atom stereocenters. The van der Waals surface area contributed by atoms with Gasteiger partial charge in [0.15, 0.2) is 0 Å². The van der Waals surface area contributed by atoms with Gasteiger partial charge in [-0.1, -0.05) is 20.3 Å². The molecule has 106 valence electrons. The van der Waals surface area contributed by atoms with Gasteiger partial charge in [-0.25, -0.2) is 0 Å². The van der Waals surface area contributed by atoms with Gasteiger partial charge in [0.2, 0.25) is 5.91 Å². The predicted molar refractivity (Wildman–Crippen MR) is 75.6 cm³/mol. The normalized spacial score (nSPS) is 19.7. The van der Waals surface area contributed by atoms with Crippen molar-refractivity contribution >= 4 is 5.91 Å². The molecule has 1 fully saturated rings. The SMILES string of the molecule is CCCC(C)CNC1CCN(CC(=O)NC)CC1. The molecule has 0 radical (unpaired) electrons. The van der Waals surface area contributed by atoms with Crippen LogP contribution in [0.25, 0.3) is 0 Å². The van der Waals surface area contributed by atoms with Gasteiger partial charge in [-0.2, -0.15) is 0 Å². The van der Waals surface area contributed by atoms with E-state index in [9.17, 15) is 4.79 Å². The van der Waals surface area contributed by atoms with E-state index in [0.717, 1.165) is 38.4 Å². The van der Waals surface area contributed by atoms with Gasteiger partial charge in [0.05, 0.1) is 6.54 Å². The van der Waals surface area contributed by atoms with Crippen molar-refractivity contribution in [3.8, 4) is 0 Å². The summed E-state index contributed by atoms with van der Waals surface area (Å²) in [6, 6.07) is 0.644. The van der Waals surface area contributed by atoms with E-state index >= 15 is 0 Å². The zero-order valence-electron chi connectivity index (χ0n) is 12.2. The van der Waals surface area contributed by atoms with Crippen LogP contribution >= 0.6 is 0 Å². The minimum atomic E-state index is 0.123. The van der Waals surface area contributed by atoms with E-state index in [4.69, 9.17) is 0 Å². The van der Waals surface area contributed by atoms with Gasteiger partial charge in [0.1, 0.15) is 0 Å². The van der Waals surface area contributed by atoms with Crippen LogP contribution in [0.5, 0.6) is 0 Å². The van der Waals surface area contributed by atoms with Crippen LogP contribution in [0, 0.1) is 5.92 Å². The van der Waals surface area contributed by atoms with Crippen molar-refractivity contribution in [1.82, 2.24) is 15.5 Å². The highest BCUT2D eigenvalue weighted by atomic mass is 16.1. The molecule has 4 nitrogen and oxygen atoms in total. The number of nitrogens with zero attached hydrogens (tertiary/aromatic N) is 1. The molecule has 1 amide bonds. The number of nitrogens with one attached hydrogen (secondary N) is 2. The first-order valence-electron chi connectivity index (χ1n) is 7.32. The Morgan fingerprint density at radius 1 is 1.39 bits per heavy atom. The molecule has 0 bridgehead atoms. The molecular weight excluding hydrogens is 226 g/mol. The van der Waals surface area contributed by atoms with Crippen LogP contribution in [-0.2, 0) is 4.79 Å². The van der Waals surface area contributed by atoms with Gasteiger partial charge in [0.25, 0.3) is 0 Å². The average Bonchev–Trinajstić information content (AvgIpc) is 2.38. The Morgan fingerprint density at radius 3 is 2.61 bits per heavy atom. The first-order chi connectivity index (χ1) is 8.65. The number of carbonyl (C=O) groups excluding carboxylic acids is 1. The van der Waals surface area contributed by atoms with Gasteiger partial charge in [-0.05, 0) is 31.7 Å². The summed E-state index contributed by atoms with van der Waals surface area (Å²) in [4.78, 5) is 13.5. The topological polar surface area (TPSA) is 44.4 Å². The second kappa shape index (κ2) is 8.48. The van der Waals surface area contributed by atoms with E-state index in [0.29, 0.717) is 12.6 Å². The van der Waals surface area contributed by atoms with Crippen molar-refractivity contribution in [3.05, 3.63) is 0 Å². The molecule has 0 saturated carbocycles. The van der Waals surface area contributed by atoms with Crippen LogP contribution < -0.4 is 10.6 Å². The van der Waals surface area contributed by atoms with Crippen LogP contribution in [-0.4, -0.2) is 50.1 Å². The molecule has 0 aromatic heterocycles. The molecule has 18 heavy (non-hydrogen) atoms. The summed E-state index contributed by atoms with van der Waals surface area (Å²) in [5.41, 5.74) is 0. The predicted octanol–water partition coefficient (Wildman–Crippen LogP) is 1.22. The van der Waals surface area contributed by atoms with Crippen LogP contribution in [0.1, 0.15) is 39.5 Å². The van der Waals surface area contributed by atoms with Gasteiger partial charge in [-0.15, -0.1) is 0 Å². The second-order valence-corrected chi connectivity index (χ2v) is 5.53. The Labute approximate surface area is 111 Å². The third kappa shape index (κ3) is 5.83. The van der Waals surface area contributed by atoms with Crippen LogP contribution in [0.15, 0.2) is 0 Å². The first-order valence-corrected chi connectivity index (χ1v) is 7.32. The third-order valence-electron chi connectivity index (χ3n) is 3.77. The minimum Gasteiger partial charge on any atom is -0.358 e. The highest BCUT2D eigenvalue weighted by Gasteiger charge is 2.20. The summed E-state index contributed by atoms with van der Waals surface area (Å²) in [7, 11) is 1.70. The van der Waals surface area contributed by atoms with Gasteiger partial charge < -0.3 is 10.6 Å². The van der Waals surface area contributed by atoms with Crippen LogP contribution in [0.3, 0.4) is 0 Å². The maximum absolute atomic E-state index is 11.3. The molecule has 0 aliphatic carbocycles. The molecule has 0 spiro atoms. The fourth-order valence-corrected chi connectivity index (χ4v) is 2.54. The maximum Gasteiger partial charge on any atom is 0.233 e. The molecule has 1 aliphatic rings. The number of likely N-dealkylation sites (N-methyl/N-ethyl adjacent to an activating group) is 1. The molecule has 1 unspecified atom stereocenters. The summed E-state index contributed by atoms with van der Waals surface area (Å²) >= 11 is 0. The highest BCUT2D eigenvalue weighted by Crippen LogP contribution is 2.11. The number of rotatable bonds is 7. The van der Waals surface area contributed by atoms with Crippen molar-refractivity contribution in [2.45, 2.75) is 45.6 Å². The van der Waals surface area contributed by atoms with Gasteiger partial charge in [0, 0.05) is 26.2 Å². The van der Waals surface area contributed by atoms with Crippen molar-refractivity contribution in [1.29, 1.82) is 0 Å². The minimum absolute atomic E-state index is 0.123. The lowest BCUT2D eigenvalue weighted by molar-refractivity contribution is -0.122. The molecule has 0 aromatic rings. The number of hydrogen-bond acceptors (Lipinski definition) is 3. The fraction of sp³-hybridized carbons (Fsp3) is 0.929. The summed E-state index contributed by atoms with van der Waals surface area (Å²) in [5, 5.41) is 6.35. The number of hydrogen-bond donors (Lipinski definition) is 2. The molecular formula is C14H29N3O. The Hall–Kier alpha value is -0.610. The fourth-order valence-electron chi connectivity index (χ4n) is 2.54. The Kier molecular flexibility index (Phi) is 7.28. The Bertz CT molecular complexity index is 237. The lowest BCUT2D eigenvalue weighted by atomic mass is 10.0. The van der Waals surface area contributed by atoms with E-state index in [2.05, 4.69) is 29.4 Å². The monoisotopic (exact) mass is 255 g/mol. The summed E-state index contributed by atoms with van der Waals surface area (Å²) in [5.74, 6) is 0.900. The molecule has 4 heteroatoms. The summed E-state index contributed by atoms with van der Waals surface area (Å²) in [6.45, 7) is 8.31. The van der Waals surface area contributed by atoms with E-state index in [1.54, 1.807) is 7.05 Å². The number of carbonyl (C=O) groups is 1. The Morgan fingerprint density at radius 2 is 2.06 bits per heavy atom. The second-order valence-electron chi connectivity index (χ2n) is 5.53. The average molecular weight is 255 g/mol. The van der Waals surface area contributed by atoms with Gasteiger partial charge >= 0.3 is 0 Å². The Balaban J connectivity index is 2.13. The van der Waals surface area contributed by atoms with Crippen molar-refractivity contribution in [3.63, 3.8) is 0 Å². The molecule has 1 heterocycles. The molecule has 2 N–H and O–H groups in total. The first kappa shape index (κ1) is 15.4. The van der Waals surface area contributed by atoms with E-state index in [-0.39, 0.29) is 5.91 Å². The van der Waals surface area contributed by atoms with Crippen LogP contribution in [0.4, 0.5) is 0 Å². The summed E-state index contributed by atoms with van der Waals surface area (Å²) in [6.07, 6.45) is 4.90. The molecule has 0 aromatic carbocycles. The zero-order chi connectivity index (χ0) is 13.4. The van der Waals surface area contributed by atoms with Crippen LogP contribution in [0.2, 0.25) is 0 Å². The quantitative estimate of drug-likeness (QED) is 0.719. The van der Waals surface area contributed by atoms with Gasteiger partial charge in [-0.3, -0.25) is 9.69 Å². The van der Waals surface area contributed by atoms with E-state index in [1.807, 2.05) is 0 Å². The largest absolute Gasteiger partial charge is 0.358 e. The lowest BCUT2D eigenvalue weighted by Gasteiger charge is -2.32. The van der Waals surface area contributed by atoms with Crippen molar-refractivity contribution in [2.75, 3.05) is 33.2 Å². The molecule has 1 saturated heterocycles. The third-order valence-corrected chi connectivity index (χ3v) is 3.77. The number of likely N-dealkylation sites (tertiary alicyclic amines) is 1. The number of amides is 1. The van der Waals surface area contributed by atoms with Crippen molar-refractivity contribution < 1.29 is 4.79 Å². The zero-order valence-corrected chi connectivity index (χ0v) is 12.2. The van der Waals surface area contributed by atoms with E-state index in [1.165, 1.54) is 12.8 Å². The standard InChI is InChI=1S/C14H29N3O/c1-4-5-12(2)10-16-13-6-8-17(9-7-13)11-14(18)15-3/h12-13,16H,4-11H2,1-3H3,(H,15,18). The smallest absolute Gasteiger partial charge is 0.233 e. The maximum atomic E-state index is 11.3. The lowest BCUT2D eigenvalue weighted by Crippen LogP contribution is -2.46. The van der Waals surface area contributed by atoms with Crippen molar-refractivity contribution in [2.24, 2.45) is 5.92 Å².